The monoisotopic (exact) mass is 426 g/mol. The Bertz CT molecular complexity index is 1210. The van der Waals surface area contributed by atoms with Crippen LogP contribution in [0.1, 0.15) is 22.8 Å². The van der Waals surface area contributed by atoms with Gasteiger partial charge in [0.25, 0.3) is 15.9 Å². The van der Waals surface area contributed by atoms with Gasteiger partial charge in [0.05, 0.1) is 36.0 Å². The standard InChI is InChI=1S/C21H22N4O4S/c1-14-6-7-16(21(26)25-10-11-29-13-15(25)2)18(12-14)24-30(27,28)19-5-3-4-17-20(19)23-9-8-22-17/h3-9,12,15,24H,10-11,13H2,1-2H3/t15-/m1/s1. The molecule has 1 aliphatic heterocycles. The molecule has 4 rings (SSSR count). The Labute approximate surface area is 175 Å². The van der Waals surface area contributed by atoms with Crippen LogP contribution in [-0.4, -0.2) is 55.0 Å². The van der Waals surface area contributed by atoms with Crippen LogP contribution in [0.4, 0.5) is 5.69 Å². The number of anilines is 1. The molecular weight excluding hydrogens is 404 g/mol. The number of carbonyl (C=O) groups excluding carboxylic acids is 1. The highest BCUT2D eigenvalue weighted by Crippen LogP contribution is 2.26. The van der Waals surface area contributed by atoms with Crippen molar-refractivity contribution in [1.29, 1.82) is 0 Å². The number of aryl methyl sites for hydroxylation is 1. The van der Waals surface area contributed by atoms with Crippen LogP contribution in [0.2, 0.25) is 0 Å². The fourth-order valence-corrected chi connectivity index (χ4v) is 4.73. The lowest BCUT2D eigenvalue weighted by Gasteiger charge is -2.33. The number of ether oxygens (including phenoxy) is 1. The molecule has 1 saturated heterocycles. The van der Waals surface area contributed by atoms with Crippen molar-refractivity contribution in [2.24, 2.45) is 0 Å². The summed E-state index contributed by atoms with van der Waals surface area (Å²) in [6.45, 7) is 5.11. The Hall–Kier alpha value is -3.04. The fraction of sp³-hybridized carbons (Fsp3) is 0.286. The van der Waals surface area contributed by atoms with Gasteiger partial charge in [0, 0.05) is 18.9 Å². The summed E-state index contributed by atoms with van der Waals surface area (Å²) in [4.78, 5) is 23.2. The molecule has 0 bridgehead atoms. The van der Waals surface area contributed by atoms with Crippen LogP contribution < -0.4 is 4.72 Å². The van der Waals surface area contributed by atoms with E-state index in [9.17, 15) is 13.2 Å². The van der Waals surface area contributed by atoms with E-state index in [4.69, 9.17) is 4.74 Å². The number of nitrogens with one attached hydrogen (secondary N) is 1. The van der Waals surface area contributed by atoms with Gasteiger partial charge in [-0.3, -0.25) is 19.5 Å². The normalized spacial score (nSPS) is 17.1. The maximum atomic E-state index is 13.2. The molecule has 1 N–H and O–H groups in total. The molecule has 0 radical (unpaired) electrons. The smallest absolute Gasteiger partial charge is 0.264 e. The van der Waals surface area contributed by atoms with Crippen molar-refractivity contribution in [3.8, 4) is 0 Å². The summed E-state index contributed by atoms with van der Waals surface area (Å²) < 4.78 is 34.4. The van der Waals surface area contributed by atoms with Crippen molar-refractivity contribution in [3.63, 3.8) is 0 Å². The molecule has 8 nitrogen and oxygen atoms in total. The number of rotatable bonds is 4. The van der Waals surface area contributed by atoms with Crippen molar-refractivity contribution in [1.82, 2.24) is 14.9 Å². The second kappa shape index (κ2) is 8.00. The highest BCUT2D eigenvalue weighted by molar-refractivity contribution is 7.93. The maximum Gasteiger partial charge on any atom is 0.264 e. The zero-order valence-electron chi connectivity index (χ0n) is 16.7. The Morgan fingerprint density at radius 2 is 2.00 bits per heavy atom. The van der Waals surface area contributed by atoms with E-state index in [1.54, 1.807) is 35.2 Å². The molecule has 1 aliphatic rings. The number of fused-ring (bicyclic) bond motifs is 1. The molecule has 0 spiro atoms. The molecule has 1 amide bonds. The molecule has 9 heteroatoms. The second-order valence-corrected chi connectivity index (χ2v) is 8.91. The van der Waals surface area contributed by atoms with E-state index in [1.807, 2.05) is 13.8 Å². The van der Waals surface area contributed by atoms with Gasteiger partial charge in [-0.15, -0.1) is 0 Å². The van der Waals surface area contributed by atoms with Crippen LogP contribution >= 0.6 is 0 Å². The molecule has 3 aromatic rings. The largest absolute Gasteiger partial charge is 0.377 e. The van der Waals surface area contributed by atoms with Gasteiger partial charge in [0.1, 0.15) is 10.4 Å². The highest BCUT2D eigenvalue weighted by Gasteiger charge is 2.28. The summed E-state index contributed by atoms with van der Waals surface area (Å²) in [7, 11) is -4.00. The first kappa shape index (κ1) is 20.2. The fourth-order valence-electron chi connectivity index (χ4n) is 3.50. The van der Waals surface area contributed by atoms with Crippen LogP contribution in [0, 0.1) is 6.92 Å². The number of hydrogen-bond acceptors (Lipinski definition) is 6. The van der Waals surface area contributed by atoms with Gasteiger partial charge in [-0.1, -0.05) is 12.1 Å². The minimum absolute atomic E-state index is 0.00717. The molecule has 1 aromatic heterocycles. The number of benzene rings is 2. The summed E-state index contributed by atoms with van der Waals surface area (Å²) in [5.74, 6) is -0.235. The average molecular weight is 426 g/mol. The van der Waals surface area contributed by atoms with E-state index < -0.39 is 10.0 Å². The Balaban J connectivity index is 1.74. The number of aromatic nitrogens is 2. The van der Waals surface area contributed by atoms with Crippen LogP contribution in [0.25, 0.3) is 11.0 Å². The number of amides is 1. The van der Waals surface area contributed by atoms with Gasteiger partial charge >= 0.3 is 0 Å². The molecule has 156 valence electrons. The first-order valence-corrected chi connectivity index (χ1v) is 11.1. The lowest BCUT2D eigenvalue weighted by atomic mass is 10.1. The van der Waals surface area contributed by atoms with Gasteiger partial charge in [-0.05, 0) is 43.7 Å². The second-order valence-electron chi connectivity index (χ2n) is 7.26. The van der Waals surface area contributed by atoms with E-state index in [-0.39, 0.29) is 28.0 Å². The predicted octanol–water partition coefficient (Wildman–Crippen LogP) is 2.60. The number of carbonyl (C=O) groups is 1. The maximum absolute atomic E-state index is 13.2. The van der Waals surface area contributed by atoms with Crippen molar-refractivity contribution in [2.75, 3.05) is 24.5 Å². The number of sulfonamides is 1. The lowest BCUT2D eigenvalue weighted by Crippen LogP contribution is -2.47. The molecule has 1 atom stereocenters. The Morgan fingerprint density at radius 1 is 1.20 bits per heavy atom. The lowest BCUT2D eigenvalue weighted by molar-refractivity contribution is 0.00365. The molecular formula is C21H22N4O4S. The first-order chi connectivity index (χ1) is 14.4. The Kier molecular flexibility index (Phi) is 5.40. The third-order valence-corrected chi connectivity index (χ3v) is 6.43. The molecule has 2 aromatic carbocycles. The van der Waals surface area contributed by atoms with Crippen molar-refractivity contribution in [2.45, 2.75) is 24.8 Å². The average Bonchev–Trinajstić information content (AvgIpc) is 2.73. The van der Waals surface area contributed by atoms with Crippen LogP contribution in [0.3, 0.4) is 0 Å². The topological polar surface area (TPSA) is 101 Å². The summed E-state index contributed by atoms with van der Waals surface area (Å²) in [6, 6.07) is 9.80. The highest BCUT2D eigenvalue weighted by atomic mass is 32.2. The third kappa shape index (κ3) is 3.86. The van der Waals surface area contributed by atoms with Gasteiger partial charge in [-0.25, -0.2) is 8.42 Å². The Morgan fingerprint density at radius 3 is 2.80 bits per heavy atom. The SMILES string of the molecule is Cc1ccc(C(=O)N2CCOC[C@H]2C)c(NS(=O)(=O)c2cccc3nccnc23)c1. The molecule has 2 heterocycles. The quantitative estimate of drug-likeness (QED) is 0.688. The van der Waals surface area contributed by atoms with E-state index >= 15 is 0 Å². The number of nitrogens with zero attached hydrogens (tertiary/aromatic N) is 3. The molecule has 30 heavy (non-hydrogen) atoms. The summed E-state index contributed by atoms with van der Waals surface area (Å²) in [5.41, 5.74) is 2.11. The summed E-state index contributed by atoms with van der Waals surface area (Å²) >= 11 is 0. The zero-order chi connectivity index (χ0) is 21.3. The summed E-state index contributed by atoms with van der Waals surface area (Å²) in [5, 5.41) is 0. The van der Waals surface area contributed by atoms with Gasteiger partial charge in [-0.2, -0.15) is 0 Å². The third-order valence-electron chi connectivity index (χ3n) is 5.03. The predicted molar refractivity (Wildman–Crippen MR) is 113 cm³/mol. The van der Waals surface area contributed by atoms with Gasteiger partial charge < -0.3 is 9.64 Å². The molecule has 0 unspecified atom stereocenters. The first-order valence-electron chi connectivity index (χ1n) is 9.59. The van der Waals surface area contributed by atoms with Crippen molar-refractivity contribution in [3.05, 3.63) is 59.9 Å². The summed E-state index contributed by atoms with van der Waals surface area (Å²) in [6.07, 6.45) is 2.95. The minimum atomic E-state index is -4.00. The number of para-hydroxylation sites is 1. The van der Waals surface area contributed by atoms with E-state index in [1.165, 1.54) is 18.5 Å². The van der Waals surface area contributed by atoms with E-state index in [2.05, 4.69) is 14.7 Å². The number of morpholine rings is 1. The van der Waals surface area contributed by atoms with Gasteiger partial charge in [0.2, 0.25) is 0 Å². The van der Waals surface area contributed by atoms with Crippen molar-refractivity contribution < 1.29 is 17.9 Å². The van der Waals surface area contributed by atoms with Crippen LogP contribution in [0.5, 0.6) is 0 Å². The number of hydrogen-bond donors (Lipinski definition) is 1. The van der Waals surface area contributed by atoms with E-state index in [0.717, 1.165) is 5.56 Å². The molecule has 1 fully saturated rings. The zero-order valence-corrected chi connectivity index (χ0v) is 17.5. The minimum Gasteiger partial charge on any atom is -0.377 e. The molecule has 0 saturated carbocycles. The van der Waals surface area contributed by atoms with Gasteiger partial charge in [0.15, 0.2) is 0 Å². The van der Waals surface area contributed by atoms with E-state index in [0.29, 0.717) is 30.8 Å². The van der Waals surface area contributed by atoms with Crippen LogP contribution in [-0.2, 0) is 14.8 Å². The van der Waals surface area contributed by atoms with Crippen molar-refractivity contribution >= 4 is 32.7 Å². The van der Waals surface area contributed by atoms with Crippen LogP contribution in [0.15, 0.2) is 53.7 Å². The molecule has 0 aliphatic carbocycles.